The summed E-state index contributed by atoms with van der Waals surface area (Å²) >= 11 is 0. The molecule has 1 aromatic carbocycles. The van der Waals surface area contributed by atoms with Crippen LogP contribution in [0.25, 0.3) is 0 Å². The Hall–Kier alpha value is -1.98. The number of benzene rings is 1. The van der Waals surface area contributed by atoms with Gasteiger partial charge in [-0.1, -0.05) is 12.1 Å². The van der Waals surface area contributed by atoms with Gasteiger partial charge in [-0.05, 0) is 30.7 Å². The smallest absolute Gasteiger partial charge is 0.321 e. The fraction of sp³-hybridized carbons (Fsp3) is 0.286. The Labute approximate surface area is 112 Å². The maximum Gasteiger partial charge on any atom is 0.321 e. The van der Waals surface area contributed by atoms with E-state index in [-0.39, 0.29) is 6.10 Å². The van der Waals surface area contributed by atoms with Crippen LogP contribution in [0.3, 0.4) is 0 Å². The van der Waals surface area contributed by atoms with E-state index in [1.54, 1.807) is 25.4 Å². The van der Waals surface area contributed by atoms with Crippen LogP contribution in [0.1, 0.15) is 12.5 Å². The third-order valence-corrected chi connectivity index (χ3v) is 2.42. The Morgan fingerprint density at radius 3 is 2.79 bits per heavy atom. The number of nitrogens with one attached hydrogen (secondary N) is 1. The average Bonchev–Trinajstić information content (AvgIpc) is 2.40. The van der Waals surface area contributed by atoms with Crippen molar-refractivity contribution in [1.29, 1.82) is 0 Å². The van der Waals surface area contributed by atoms with E-state index in [2.05, 4.69) is 15.3 Å². The highest BCUT2D eigenvalue weighted by Gasteiger charge is 2.01. The predicted octanol–water partition coefficient (Wildman–Crippen LogP) is 1.74. The van der Waals surface area contributed by atoms with E-state index in [1.807, 2.05) is 24.3 Å². The highest BCUT2D eigenvalue weighted by molar-refractivity contribution is 5.30. The molecule has 2 aromatic rings. The molecule has 0 aliphatic heterocycles. The molecule has 0 amide bonds. The monoisotopic (exact) mass is 259 g/mol. The summed E-state index contributed by atoms with van der Waals surface area (Å²) in [7, 11) is 0. The zero-order chi connectivity index (χ0) is 13.5. The van der Waals surface area contributed by atoms with Gasteiger partial charge in [-0.2, -0.15) is 0 Å². The van der Waals surface area contributed by atoms with Crippen LogP contribution in [-0.4, -0.2) is 27.7 Å². The molecule has 2 N–H and O–H groups in total. The summed E-state index contributed by atoms with van der Waals surface area (Å²) in [5, 5.41) is 12.3. The molecule has 5 nitrogen and oxygen atoms in total. The first kappa shape index (κ1) is 13.5. The van der Waals surface area contributed by atoms with Crippen molar-refractivity contribution in [3.8, 4) is 11.8 Å². The Morgan fingerprint density at radius 2 is 2.05 bits per heavy atom. The number of nitrogens with zero attached hydrogens (tertiary/aromatic N) is 2. The van der Waals surface area contributed by atoms with Gasteiger partial charge in [-0.15, -0.1) is 0 Å². The molecule has 0 aliphatic rings. The Morgan fingerprint density at radius 1 is 1.26 bits per heavy atom. The fourth-order valence-corrected chi connectivity index (χ4v) is 1.59. The summed E-state index contributed by atoms with van der Waals surface area (Å²) in [6.45, 7) is 2.99. The normalized spacial score (nSPS) is 12.1. The highest BCUT2D eigenvalue weighted by Crippen LogP contribution is 2.18. The lowest BCUT2D eigenvalue weighted by molar-refractivity contribution is 0.191. The zero-order valence-corrected chi connectivity index (χ0v) is 10.8. The van der Waals surface area contributed by atoms with Gasteiger partial charge in [0.05, 0.1) is 6.10 Å². The van der Waals surface area contributed by atoms with Crippen LogP contribution in [0, 0.1) is 0 Å². The lowest BCUT2D eigenvalue weighted by Crippen LogP contribution is -2.23. The van der Waals surface area contributed by atoms with Crippen LogP contribution in [0.15, 0.2) is 42.7 Å². The van der Waals surface area contributed by atoms with Gasteiger partial charge in [0.15, 0.2) is 0 Å². The molecule has 0 unspecified atom stereocenters. The van der Waals surface area contributed by atoms with Crippen molar-refractivity contribution >= 4 is 0 Å². The van der Waals surface area contributed by atoms with Gasteiger partial charge in [0.2, 0.25) is 0 Å². The molecule has 0 aliphatic carbocycles. The van der Waals surface area contributed by atoms with E-state index >= 15 is 0 Å². The summed E-state index contributed by atoms with van der Waals surface area (Å²) in [5.74, 6) is 0.697. The minimum absolute atomic E-state index is 0.330. The summed E-state index contributed by atoms with van der Waals surface area (Å²) in [5.41, 5.74) is 1.08. The minimum Gasteiger partial charge on any atom is -0.424 e. The van der Waals surface area contributed by atoms with Crippen LogP contribution in [0.5, 0.6) is 11.8 Å². The number of aliphatic hydroxyl groups excluding tert-OH is 1. The second-order valence-electron chi connectivity index (χ2n) is 4.26. The van der Waals surface area contributed by atoms with E-state index < -0.39 is 0 Å². The zero-order valence-electron chi connectivity index (χ0n) is 10.8. The molecular weight excluding hydrogens is 242 g/mol. The molecule has 19 heavy (non-hydrogen) atoms. The molecule has 0 saturated heterocycles. The summed E-state index contributed by atoms with van der Waals surface area (Å²) in [4.78, 5) is 8.01. The van der Waals surface area contributed by atoms with Gasteiger partial charge >= 0.3 is 6.01 Å². The Kier molecular flexibility index (Phi) is 4.83. The van der Waals surface area contributed by atoms with Gasteiger partial charge in [-0.25, -0.2) is 9.97 Å². The molecule has 100 valence electrons. The van der Waals surface area contributed by atoms with E-state index in [1.165, 1.54) is 0 Å². The Balaban J connectivity index is 1.95. The van der Waals surface area contributed by atoms with Crippen molar-refractivity contribution in [3.63, 3.8) is 0 Å². The topological polar surface area (TPSA) is 67.3 Å². The van der Waals surface area contributed by atoms with Gasteiger partial charge < -0.3 is 15.2 Å². The van der Waals surface area contributed by atoms with Crippen molar-refractivity contribution in [3.05, 3.63) is 48.3 Å². The minimum atomic E-state index is -0.350. The van der Waals surface area contributed by atoms with Crippen LogP contribution in [0.2, 0.25) is 0 Å². The van der Waals surface area contributed by atoms with Crippen molar-refractivity contribution in [1.82, 2.24) is 15.3 Å². The first-order chi connectivity index (χ1) is 9.24. The van der Waals surface area contributed by atoms with E-state index in [9.17, 15) is 5.11 Å². The first-order valence-corrected chi connectivity index (χ1v) is 6.16. The number of hydrogen-bond donors (Lipinski definition) is 2. The fourth-order valence-electron chi connectivity index (χ4n) is 1.59. The molecule has 0 saturated carbocycles. The van der Waals surface area contributed by atoms with Crippen molar-refractivity contribution in [2.45, 2.75) is 19.6 Å². The van der Waals surface area contributed by atoms with Gasteiger partial charge in [-0.3, -0.25) is 0 Å². The van der Waals surface area contributed by atoms with Gasteiger partial charge in [0, 0.05) is 25.5 Å². The highest BCUT2D eigenvalue weighted by atomic mass is 16.5. The predicted molar refractivity (Wildman–Crippen MR) is 71.9 cm³/mol. The molecule has 0 radical (unpaired) electrons. The number of aromatic nitrogens is 2. The van der Waals surface area contributed by atoms with Crippen LogP contribution < -0.4 is 10.1 Å². The third-order valence-electron chi connectivity index (χ3n) is 2.42. The van der Waals surface area contributed by atoms with Crippen molar-refractivity contribution < 1.29 is 9.84 Å². The second kappa shape index (κ2) is 6.82. The lowest BCUT2D eigenvalue weighted by Gasteiger charge is -2.08. The van der Waals surface area contributed by atoms with E-state index in [0.29, 0.717) is 24.8 Å². The van der Waals surface area contributed by atoms with E-state index in [4.69, 9.17) is 4.74 Å². The van der Waals surface area contributed by atoms with Crippen LogP contribution in [-0.2, 0) is 6.54 Å². The van der Waals surface area contributed by atoms with Crippen molar-refractivity contribution in [2.24, 2.45) is 0 Å². The quantitative estimate of drug-likeness (QED) is 0.827. The van der Waals surface area contributed by atoms with Gasteiger partial charge in [0.1, 0.15) is 5.75 Å². The molecule has 1 heterocycles. The maximum absolute atomic E-state index is 9.18. The molecule has 0 bridgehead atoms. The summed E-state index contributed by atoms with van der Waals surface area (Å²) in [6, 6.07) is 9.76. The molecule has 2 rings (SSSR count). The van der Waals surface area contributed by atoms with Crippen LogP contribution >= 0.6 is 0 Å². The summed E-state index contributed by atoms with van der Waals surface area (Å²) < 4.78 is 5.55. The van der Waals surface area contributed by atoms with Crippen LogP contribution in [0.4, 0.5) is 0 Å². The number of hydrogen-bond acceptors (Lipinski definition) is 5. The summed E-state index contributed by atoms with van der Waals surface area (Å²) in [6.07, 6.45) is 2.92. The second-order valence-corrected chi connectivity index (χ2v) is 4.26. The molecule has 0 fully saturated rings. The maximum atomic E-state index is 9.18. The Bertz CT molecular complexity index is 503. The molecular formula is C14H17N3O2. The largest absolute Gasteiger partial charge is 0.424 e. The van der Waals surface area contributed by atoms with Crippen molar-refractivity contribution in [2.75, 3.05) is 6.54 Å². The SMILES string of the molecule is C[C@H](O)CNCc1cccc(Oc2ncccn2)c1. The molecule has 1 atom stereocenters. The molecule has 0 spiro atoms. The first-order valence-electron chi connectivity index (χ1n) is 6.16. The molecule has 1 aromatic heterocycles. The number of rotatable bonds is 6. The van der Waals surface area contributed by atoms with E-state index in [0.717, 1.165) is 5.56 Å². The lowest BCUT2D eigenvalue weighted by atomic mass is 10.2. The number of ether oxygens (including phenoxy) is 1. The standard InChI is InChI=1S/C14H17N3O2/c1-11(18)9-15-10-12-4-2-5-13(8-12)19-14-16-6-3-7-17-14/h2-8,11,15,18H,9-10H2,1H3/t11-/m0/s1. The third kappa shape index (κ3) is 4.65. The average molecular weight is 259 g/mol. The molecule has 5 heteroatoms. The van der Waals surface area contributed by atoms with Gasteiger partial charge in [0.25, 0.3) is 0 Å². The number of aliphatic hydroxyl groups is 1.